The minimum absolute atomic E-state index is 0.149. The maximum atomic E-state index is 12.4. The summed E-state index contributed by atoms with van der Waals surface area (Å²) in [5, 5.41) is 2.73. The summed E-state index contributed by atoms with van der Waals surface area (Å²) in [5.74, 6) is -0.705. The molecule has 2 rings (SSSR count). The molecule has 1 amide bonds. The lowest BCUT2D eigenvalue weighted by molar-refractivity contribution is -0.151. The molecule has 148 valence electrons. The molecule has 0 spiro atoms. The van der Waals surface area contributed by atoms with Crippen LogP contribution in [0.1, 0.15) is 54.0 Å². The molecule has 7 heteroatoms. The van der Waals surface area contributed by atoms with Gasteiger partial charge in [0.05, 0.1) is 24.2 Å². The minimum Gasteiger partial charge on any atom is -0.464 e. The molecule has 1 N–H and O–H groups in total. The molecular weight excluding hydrogens is 345 g/mol. The van der Waals surface area contributed by atoms with E-state index in [2.05, 4.69) is 5.32 Å². The van der Waals surface area contributed by atoms with Gasteiger partial charge in [0, 0.05) is 0 Å². The van der Waals surface area contributed by atoms with E-state index in [1.54, 1.807) is 20.8 Å². The van der Waals surface area contributed by atoms with E-state index in [0.717, 1.165) is 11.0 Å². The highest BCUT2D eigenvalue weighted by Crippen LogP contribution is 2.36. The van der Waals surface area contributed by atoms with Crippen molar-refractivity contribution in [1.29, 1.82) is 0 Å². The Morgan fingerprint density at radius 3 is 2.30 bits per heavy atom. The lowest BCUT2D eigenvalue weighted by atomic mass is 9.78. The van der Waals surface area contributed by atoms with Crippen molar-refractivity contribution in [1.82, 2.24) is 5.32 Å². The predicted molar refractivity (Wildman–Crippen MR) is 105 cm³/mol. The summed E-state index contributed by atoms with van der Waals surface area (Å²) >= 11 is 0. The van der Waals surface area contributed by atoms with Gasteiger partial charge in [-0.3, -0.25) is 4.79 Å². The lowest BCUT2D eigenvalue weighted by Crippen LogP contribution is -2.51. The maximum absolute atomic E-state index is 12.4. The maximum Gasteiger partial charge on any atom is 0.494 e. The third-order valence-electron chi connectivity index (χ3n) is 5.08. The second-order valence-corrected chi connectivity index (χ2v) is 8.40. The minimum atomic E-state index is -1.07. The Labute approximate surface area is 162 Å². The lowest BCUT2D eigenvalue weighted by Gasteiger charge is -2.32. The summed E-state index contributed by atoms with van der Waals surface area (Å²) < 4.78 is 17.1. The number of esters is 1. The van der Waals surface area contributed by atoms with Crippen LogP contribution in [0, 0.1) is 0 Å². The van der Waals surface area contributed by atoms with Crippen LogP contribution in [0.15, 0.2) is 24.3 Å². The molecule has 1 aromatic rings. The molecule has 27 heavy (non-hydrogen) atoms. The molecule has 1 aliphatic heterocycles. The molecule has 0 aliphatic carbocycles. The van der Waals surface area contributed by atoms with Crippen molar-refractivity contribution in [2.45, 2.75) is 71.6 Å². The normalized spacial score (nSPS) is 18.3. The van der Waals surface area contributed by atoms with Crippen molar-refractivity contribution in [3.05, 3.63) is 29.8 Å². The number of carbonyl (C=O) groups is 2. The summed E-state index contributed by atoms with van der Waals surface area (Å²) in [6, 6.07) is 7.57. The van der Waals surface area contributed by atoms with Gasteiger partial charge in [-0.1, -0.05) is 24.3 Å². The van der Waals surface area contributed by atoms with Crippen LogP contribution < -0.4 is 10.8 Å². The molecule has 1 aliphatic rings. The van der Waals surface area contributed by atoms with Crippen LogP contribution >= 0.6 is 0 Å². The molecule has 1 heterocycles. The van der Waals surface area contributed by atoms with Gasteiger partial charge < -0.3 is 19.4 Å². The molecular formula is C20H30BNO5. The van der Waals surface area contributed by atoms with Crippen molar-refractivity contribution in [3.8, 4) is 0 Å². The Kier molecular flexibility index (Phi) is 6.07. The second kappa shape index (κ2) is 7.64. The van der Waals surface area contributed by atoms with Crippen LogP contribution in [-0.2, 0) is 30.1 Å². The van der Waals surface area contributed by atoms with Gasteiger partial charge in [0.1, 0.15) is 5.54 Å². The van der Waals surface area contributed by atoms with Gasteiger partial charge in [0.2, 0.25) is 5.91 Å². The monoisotopic (exact) mass is 375 g/mol. The predicted octanol–water partition coefficient (Wildman–Crippen LogP) is 1.99. The zero-order valence-corrected chi connectivity index (χ0v) is 17.3. The summed E-state index contributed by atoms with van der Waals surface area (Å²) in [5.41, 5.74) is -0.234. The Balaban J connectivity index is 2.06. The van der Waals surface area contributed by atoms with E-state index in [9.17, 15) is 9.59 Å². The van der Waals surface area contributed by atoms with Gasteiger partial charge >= 0.3 is 13.1 Å². The molecule has 1 saturated heterocycles. The van der Waals surface area contributed by atoms with Crippen LogP contribution in [0.3, 0.4) is 0 Å². The van der Waals surface area contributed by atoms with Crippen LogP contribution in [0.25, 0.3) is 0 Å². The van der Waals surface area contributed by atoms with Crippen molar-refractivity contribution in [2.24, 2.45) is 0 Å². The summed E-state index contributed by atoms with van der Waals surface area (Å²) in [7, 11) is -0.478. The molecule has 0 atom stereocenters. The Morgan fingerprint density at radius 1 is 1.15 bits per heavy atom. The third-order valence-corrected chi connectivity index (χ3v) is 5.08. The highest BCUT2D eigenvalue weighted by atomic mass is 16.7. The molecule has 0 saturated carbocycles. The number of hydrogen-bond donors (Lipinski definition) is 1. The number of amides is 1. The van der Waals surface area contributed by atoms with E-state index in [1.807, 2.05) is 52.0 Å². The molecule has 0 unspecified atom stereocenters. The molecule has 0 radical (unpaired) electrons. The first kappa shape index (κ1) is 21.4. The Hall–Kier alpha value is -1.86. The van der Waals surface area contributed by atoms with Gasteiger partial charge in [-0.2, -0.15) is 0 Å². The first-order valence-corrected chi connectivity index (χ1v) is 9.30. The molecule has 6 nitrogen and oxygen atoms in total. The number of carbonyl (C=O) groups excluding carboxylic acids is 2. The summed E-state index contributed by atoms with van der Waals surface area (Å²) in [6.07, 6.45) is 0.149. The standard InChI is InChI=1S/C20H30BNO5/c1-8-25-17(24)18(2,3)22-16(23)13-14-10-9-11-15(12-14)21-26-19(4,5)20(6,7)27-21/h9-12H,8,13H2,1-7H3,(H,22,23). The second-order valence-electron chi connectivity index (χ2n) is 8.40. The smallest absolute Gasteiger partial charge is 0.464 e. The van der Waals surface area contributed by atoms with Crippen LogP contribution in [0.5, 0.6) is 0 Å². The summed E-state index contributed by atoms with van der Waals surface area (Å²) in [4.78, 5) is 24.3. The van der Waals surface area contributed by atoms with Crippen molar-refractivity contribution in [2.75, 3.05) is 6.61 Å². The first-order valence-electron chi connectivity index (χ1n) is 9.30. The van der Waals surface area contributed by atoms with E-state index in [1.165, 1.54) is 0 Å². The Bertz CT molecular complexity index is 698. The van der Waals surface area contributed by atoms with Crippen LogP contribution in [0.4, 0.5) is 0 Å². The average molecular weight is 375 g/mol. The fourth-order valence-electron chi connectivity index (χ4n) is 2.77. The van der Waals surface area contributed by atoms with E-state index < -0.39 is 29.8 Å². The van der Waals surface area contributed by atoms with Gasteiger partial charge in [-0.25, -0.2) is 4.79 Å². The molecule has 1 aromatic carbocycles. The molecule has 0 aromatic heterocycles. The average Bonchev–Trinajstić information content (AvgIpc) is 2.75. The number of rotatable bonds is 6. The Morgan fingerprint density at radius 2 is 1.74 bits per heavy atom. The number of benzene rings is 1. The van der Waals surface area contributed by atoms with Crippen LogP contribution in [-0.4, -0.2) is 42.3 Å². The van der Waals surface area contributed by atoms with E-state index in [-0.39, 0.29) is 18.9 Å². The topological polar surface area (TPSA) is 73.9 Å². The fraction of sp³-hybridized carbons (Fsp3) is 0.600. The van der Waals surface area contributed by atoms with Crippen molar-refractivity contribution in [3.63, 3.8) is 0 Å². The van der Waals surface area contributed by atoms with E-state index in [0.29, 0.717) is 0 Å². The fourth-order valence-corrected chi connectivity index (χ4v) is 2.77. The zero-order chi connectivity index (χ0) is 20.5. The van der Waals surface area contributed by atoms with Gasteiger partial charge in [0.15, 0.2) is 0 Å². The zero-order valence-electron chi connectivity index (χ0n) is 17.3. The SMILES string of the molecule is CCOC(=O)C(C)(C)NC(=O)Cc1cccc(B2OC(C)(C)C(C)(C)O2)c1. The van der Waals surface area contributed by atoms with Gasteiger partial charge in [-0.05, 0) is 59.5 Å². The van der Waals surface area contributed by atoms with Crippen molar-refractivity contribution >= 4 is 24.5 Å². The number of ether oxygens (including phenoxy) is 1. The number of nitrogens with one attached hydrogen (secondary N) is 1. The van der Waals surface area contributed by atoms with Gasteiger partial charge in [-0.15, -0.1) is 0 Å². The first-order chi connectivity index (χ1) is 12.4. The number of hydrogen-bond acceptors (Lipinski definition) is 5. The van der Waals surface area contributed by atoms with Gasteiger partial charge in [0.25, 0.3) is 0 Å². The highest BCUT2D eigenvalue weighted by Gasteiger charge is 2.51. The van der Waals surface area contributed by atoms with E-state index >= 15 is 0 Å². The van der Waals surface area contributed by atoms with Crippen LogP contribution in [0.2, 0.25) is 0 Å². The quantitative estimate of drug-likeness (QED) is 0.608. The largest absolute Gasteiger partial charge is 0.494 e. The highest BCUT2D eigenvalue weighted by molar-refractivity contribution is 6.62. The third kappa shape index (κ3) is 4.90. The van der Waals surface area contributed by atoms with Crippen molar-refractivity contribution < 1.29 is 23.6 Å². The molecule has 1 fully saturated rings. The molecule has 0 bridgehead atoms. The van der Waals surface area contributed by atoms with E-state index in [4.69, 9.17) is 14.0 Å². The summed E-state index contributed by atoms with van der Waals surface area (Å²) in [6.45, 7) is 13.3.